The molecular weight excluding hydrogens is 166 g/mol. The highest BCUT2D eigenvalue weighted by Gasteiger charge is 2.17. The molecule has 13 heavy (non-hydrogen) atoms. The summed E-state index contributed by atoms with van der Waals surface area (Å²) in [7, 11) is 1.41. The number of rotatable bonds is 2. The van der Waals surface area contributed by atoms with E-state index in [2.05, 4.69) is 4.74 Å². The Balaban J connectivity index is 3.00. The van der Waals surface area contributed by atoms with Gasteiger partial charge in [-0.15, -0.1) is 0 Å². The van der Waals surface area contributed by atoms with E-state index in [4.69, 9.17) is 0 Å². The first-order chi connectivity index (χ1) is 6.07. The topological polar surface area (TPSA) is 31.2 Å². The molecule has 1 rings (SSSR count). The maximum Gasteiger partial charge on any atom is 0.328 e. The van der Waals surface area contributed by atoms with Gasteiger partial charge in [0.05, 0.1) is 7.11 Å². The number of carbonyl (C=O) groups is 1. The number of nitrogens with zero attached hydrogens (tertiary/aromatic N) is 1. The number of carbonyl (C=O) groups excluding carboxylic acids is 1. The van der Waals surface area contributed by atoms with E-state index in [9.17, 15) is 4.79 Å². The van der Waals surface area contributed by atoms with E-state index in [-0.39, 0.29) is 12.0 Å². The molecule has 72 valence electrons. The van der Waals surface area contributed by atoms with Crippen molar-refractivity contribution in [2.24, 2.45) is 0 Å². The predicted molar refractivity (Wildman–Crippen MR) is 50.6 cm³/mol. The van der Waals surface area contributed by atoms with E-state index in [0.717, 1.165) is 11.4 Å². The number of aromatic nitrogens is 1. The Morgan fingerprint density at radius 3 is 2.23 bits per heavy atom. The molecule has 0 saturated carbocycles. The van der Waals surface area contributed by atoms with Crippen molar-refractivity contribution in [3.8, 4) is 0 Å². The van der Waals surface area contributed by atoms with Crippen molar-refractivity contribution in [3.63, 3.8) is 0 Å². The molecule has 1 aromatic rings. The summed E-state index contributed by atoms with van der Waals surface area (Å²) < 4.78 is 6.65. The van der Waals surface area contributed by atoms with Crippen LogP contribution in [0.2, 0.25) is 0 Å². The standard InChI is InChI=1S/C10H15NO2/c1-7-5-6-8(2)11(7)9(3)10(12)13-4/h5-6,9H,1-4H3/t9-/m1/s1. The van der Waals surface area contributed by atoms with Crippen LogP contribution in [-0.2, 0) is 9.53 Å². The van der Waals surface area contributed by atoms with Gasteiger partial charge in [-0.25, -0.2) is 4.79 Å². The predicted octanol–water partition coefficient (Wildman–Crippen LogP) is 1.84. The minimum atomic E-state index is -0.236. The molecule has 0 fully saturated rings. The van der Waals surface area contributed by atoms with E-state index < -0.39 is 0 Å². The van der Waals surface area contributed by atoms with Crippen molar-refractivity contribution in [2.75, 3.05) is 7.11 Å². The Bertz CT molecular complexity index is 295. The number of methoxy groups -OCH3 is 1. The molecule has 1 atom stereocenters. The largest absolute Gasteiger partial charge is 0.467 e. The van der Waals surface area contributed by atoms with Gasteiger partial charge in [-0.1, -0.05) is 0 Å². The van der Waals surface area contributed by atoms with Crippen LogP contribution in [0.3, 0.4) is 0 Å². The Labute approximate surface area is 78.3 Å². The number of hydrogen-bond donors (Lipinski definition) is 0. The first-order valence-corrected chi connectivity index (χ1v) is 4.30. The van der Waals surface area contributed by atoms with Crippen LogP contribution >= 0.6 is 0 Å². The van der Waals surface area contributed by atoms with Gasteiger partial charge in [0, 0.05) is 11.4 Å². The molecule has 0 radical (unpaired) electrons. The smallest absolute Gasteiger partial charge is 0.328 e. The third-order valence-corrected chi connectivity index (χ3v) is 2.26. The van der Waals surface area contributed by atoms with E-state index in [1.165, 1.54) is 7.11 Å². The van der Waals surface area contributed by atoms with E-state index in [1.54, 1.807) is 0 Å². The van der Waals surface area contributed by atoms with Crippen LogP contribution in [0.4, 0.5) is 0 Å². The van der Waals surface area contributed by atoms with Crippen LogP contribution in [0.1, 0.15) is 24.4 Å². The summed E-state index contributed by atoms with van der Waals surface area (Å²) in [4.78, 5) is 11.3. The molecule has 0 aliphatic rings. The van der Waals surface area contributed by atoms with Gasteiger partial charge in [0.1, 0.15) is 6.04 Å². The first-order valence-electron chi connectivity index (χ1n) is 4.30. The SMILES string of the molecule is COC(=O)[C@@H](C)n1c(C)ccc1C. The molecule has 0 N–H and O–H groups in total. The molecule has 0 aliphatic heterocycles. The van der Waals surface area contributed by atoms with Gasteiger partial charge < -0.3 is 9.30 Å². The van der Waals surface area contributed by atoms with Crippen LogP contribution in [0.25, 0.3) is 0 Å². The average Bonchev–Trinajstić information content (AvgIpc) is 2.44. The van der Waals surface area contributed by atoms with Crippen LogP contribution in [-0.4, -0.2) is 17.6 Å². The number of ether oxygens (including phenoxy) is 1. The van der Waals surface area contributed by atoms with Crippen molar-refractivity contribution < 1.29 is 9.53 Å². The van der Waals surface area contributed by atoms with E-state index in [0.29, 0.717) is 0 Å². The molecule has 1 aromatic heterocycles. The van der Waals surface area contributed by atoms with Crippen molar-refractivity contribution in [1.29, 1.82) is 0 Å². The molecular formula is C10H15NO2. The second kappa shape index (κ2) is 3.64. The molecule has 1 heterocycles. The third-order valence-electron chi connectivity index (χ3n) is 2.26. The summed E-state index contributed by atoms with van der Waals surface area (Å²) in [5.41, 5.74) is 2.16. The Morgan fingerprint density at radius 1 is 1.38 bits per heavy atom. The average molecular weight is 181 g/mol. The molecule has 0 spiro atoms. The third kappa shape index (κ3) is 1.74. The lowest BCUT2D eigenvalue weighted by atomic mass is 10.3. The lowest BCUT2D eigenvalue weighted by molar-refractivity contribution is -0.144. The number of esters is 1. The summed E-state index contributed by atoms with van der Waals surface area (Å²) in [5, 5.41) is 0. The lowest BCUT2D eigenvalue weighted by Crippen LogP contribution is -2.19. The van der Waals surface area contributed by atoms with Gasteiger partial charge in [-0.2, -0.15) is 0 Å². The van der Waals surface area contributed by atoms with Gasteiger partial charge in [0.15, 0.2) is 0 Å². The summed E-state index contributed by atoms with van der Waals surface area (Å²) in [6.07, 6.45) is 0. The van der Waals surface area contributed by atoms with E-state index >= 15 is 0 Å². The van der Waals surface area contributed by atoms with Crippen molar-refractivity contribution in [3.05, 3.63) is 23.5 Å². The lowest BCUT2D eigenvalue weighted by Gasteiger charge is -2.15. The Morgan fingerprint density at radius 2 is 1.85 bits per heavy atom. The number of aryl methyl sites for hydroxylation is 2. The van der Waals surface area contributed by atoms with Gasteiger partial charge in [-0.05, 0) is 32.9 Å². The van der Waals surface area contributed by atoms with E-state index in [1.807, 2.05) is 37.5 Å². The van der Waals surface area contributed by atoms with Crippen molar-refractivity contribution >= 4 is 5.97 Å². The highest BCUT2D eigenvalue weighted by atomic mass is 16.5. The molecule has 3 heteroatoms. The van der Waals surface area contributed by atoms with Crippen LogP contribution in [0.5, 0.6) is 0 Å². The van der Waals surface area contributed by atoms with Gasteiger partial charge in [0.25, 0.3) is 0 Å². The molecule has 0 saturated heterocycles. The molecule has 3 nitrogen and oxygen atoms in total. The molecule has 0 aliphatic carbocycles. The monoisotopic (exact) mass is 181 g/mol. The van der Waals surface area contributed by atoms with Crippen LogP contribution in [0.15, 0.2) is 12.1 Å². The number of hydrogen-bond acceptors (Lipinski definition) is 2. The summed E-state index contributed by atoms with van der Waals surface area (Å²) in [5.74, 6) is -0.206. The fourth-order valence-corrected chi connectivity index (χ4v) is 1.57. The minimum Gasteiger partial charge on any atom is -0.467 e. The van der Waals surface area contributed by atoms with Gasteiger partial charge in [0.2, 0.25) is 0 Å². The minimum absolute atomic E-state index is 0.206. The quantitative estimate of drug-likeness (QED) is 0.652. The highest BCUT2D eigenvalue weighted by Crippen LogP contribution is 2.16. The molecule has 0 bridgehead atoms. The van der Waals surface area contributed by atoms with Crippen molar-refractivity contribution in [2.45, 2.75) is 26.8 Å². The van der Waals surface area contributed by atoms with Gasteiger partial charge >= 0.3 is 5.97 Å². The Hall–Kier alpha value is -1.25. The van der Waals surface area contributed by atoms with Crippen LogP contribution in [0, 0.1) is 13.8 Å². The fourth-order valence-electron chi connectivity index (χ4n) is 1.57. The zero-order valence-corrected chi connectivity index (χ0v) is 8.50. The summed E-state index contributed by atoms with van der Waals surface area (Å²) >= 11 is 0. The first kappa shape index (κ1) is 9.84. The maximum absolute atomic E-state index is 11.3. The molecule has 0 amide bonds. The second-order valence-electron chi connectivity index (χ2n) is 3.19. The fraction of sp³-hybridized carbons (Fsp3) is 0.500. The van der Waals surface area contributed by atoms with Gasteiger partial charge in [-0.3, -0.25) is 0 Å². The zero-order valence-electron chi connectivity index (χ0n) is 8.50. The zero-order chi connectivity index (χ0) is 10.0. The Kier molecular flexibility index (Phi) is 2.76. The maximum atomic E-state index is 11.3. The molecule has 0 aromatic carbocycles. The summed E-state index contributed by atoms with van der Waals surface area (Å²) in [6, 6.07) is 3.75. The molecule has 0 unspecified atom stereocenters. The van der Waals surface area contributed by atoms with Crippen molar-refractivity contribution in [1.82, 2.24) is 4.57 Å². The normalized spacial score (nSPS) is 12.6. The summed E-state index contributed by atoms with van der Waals surface area (Å²) in [6.45, 7) is 5.80. The highest BCUT2D eigenvalue weighted by molar-refractivity contribution is 5.73. The second-order valence-corrected chi connectivity index (χ2v) is 3.19. The van der Waals surface area contributed by atoms with Crippen LogP contribution < -0.4 is 0 Å².